The molecule has 0 aromatic heterocycles. The van der Waals surface area contributed by atoms with Crippen molar-refractivity contribution in [3.05, 3.63) is 53.6 Å². The number of fused-ring (bicyclic) bond motifs is 1. The van der Waals surface area contributed by atoms with Gasteiger partial charge in [-0.3, -0.25) is 4.79 Å². The lowest BCUT2D eigenvalue weighted by Crippen LogP contribution is -2.47. The molecule has 0 bridgehead atoms. The van der Waals surface area contributed by atoms with E-state index in [0.717, 1.165) is 4.90 Å². The number of rotatable bonds is 5. The van der Waals surface area contributed by atoms with Crippen molar-refractivity contribution in [1.29, 1.82) is 0 Å². The van der Waals surface area contributed by atoms with E-state index in [2.05, 4.69) is 5.32 Å². The largest absolute Gasteiger partial charge is 0.493 e. The van der Waals surface area contributed by atoms with Crippen molar-refractivity contribution in [2.45, 2.75) is 32.3 Å². The molecular weight excluding hydrogens is 373 g/mol. The second-order valence-corrected chi connectivity index (χ2v) is 6.72. The number of anilines is 1. The molecule has 8 heteroatoms. The van der Waals surface area contributed by atoms with E-state index < -0.39 is 24.8 Å². The Bertz CT molecular complexity index is 868. The standard InChI is InChI=1S/C20H21F3N2O3/c1-12(2)28-16-9-8-13(10-17(16)27-3)18-24-15-7-5-4-6-14(15)19(26)25(18)11-20(21,22)23/h4-10,12,18,24H,11H2,1-3H3/t18-/m1/s1. The number of para-hydroxylation sites is 1. The van der Waals surface area contributed by atoms with Crippen LogP contribution in [-0.4, -0.2) is 36.7 Å². The van der Waals surface area contributed by atoms with Crippen LogP contribution >= 0.6 is 0 Å². The lowest BCUT2D eigenvalue weighted by atomic mass is 10.0. The van der Waals surface area contributed by atoms with Crippen LogP contribution in [0.4, 0.5) is 18.9 Å². The normalized spacial score (nSPS) is 16.6. The van der Waals surface area contributed by atoms with Gasteiger partial charge in [-0.15, -0.1) is 0 Å². The number of methoxy groups -OCH3 is 1. The molecule has 0 saturated heterocycles. The molecule has 0 fully saturated rings. The van der Waals surface area contributed by atoms with Crippen molar-refractivity contribution < 1.29 is 27.4 Å². The van der Waals surface area contributed by atoms with Crippen molar-refractivity contribution in [2.75, 3.05) is 19.0 Å². The molecule has 3 rings (SSSR count). The molecule has 1 amide bonds. The first-order valence-corrected chi connectivity index (χ1v) is 8.77. The molecule has 1 atom stereocenters. The van der Waals surface area contributed by atoms with E-state index in [1.807, 2.05) is 13.8 Å². The molecule has 0 aliphatic carbocycles. The highest BCUT2D eigenvalue weighted by atomic mass is 19.4. The van der Waals surface area contributed by atoms with Gasteiger partial charge in [0.1, 0.15) is 12.7 Å². The fourth-order valence-electron chi connectivity index (χ4n) is 3.12. The number of nitrogens with zero attached hydrogens (tertiary/aromatic N) is 1. The van der Waals surface area contributed by atoms with E-state index in [-0.39, 0.29) is 11.7 Å². The monoisotopic (exact) mass is 394 g/mol. The smallest absolute Gasteiger partial charge is 0.406 e. The molecular formula is C20H21F3N2O3. The van der Waals surface area contributed by atoms with Crippen molar-refractivity contribution >= 4 is 11.6 Å². The zero-order chi connectivity index (χ0) is 20.5. The van der Waals surface area contributed by atoms with Gasteiger partial charge >= 0.3 is 6.18 Å². The molecule has 0 unspecified atom stereocenters. The van der Waals surface area contributed by atoms with Crippen LogP contribution < -0.4 is 14.8 Å². The quantitative estimate of drug-likeness (QED) is 0.805. The first-order valence-electron chi connectivity index (χ1n) is 8.77. The van der Waals surface area contributed by atoms with E-state index >= 15 is 0 Å². The summed E-state index contributed by atoms with van der Waals surface area (Å²) in [5.41, 5.74) is 1.15. The maximum absolute atomic E-state index is 13.2. The second kappa shape index (κ2) is 7.61. The molecule has 5 nitrogen and oxygen atoms in total. The van der Waals surface area contributed by atoms with Gasteiger partial charge < -0.3 is 19.7 Å². The zero-order valence-corrected chi connectivity index (χ0v) is 15.7. The van der Waals surface area contributed by atoms with Gasteiger partial charge in [-0.2, -0.15) is 13.2 Å². The molecule has 1 aliphatic heterocycles. The Balaban J connectivity index is 2.03. The summed E-state index contributed by atoms with van der Waals surface area (Å²) < 4.78 is 50.5. The molecule has 1 aliphatic rings. The molecule has 0 radical (unpaired) electrons. The molecule has 0 saturated carbocycles. The van der Waals surface area contributed by atoms with E-state index in [4.69, 9.17) is 9.47 Å². The predicted molar refractivity (Wildman–Crippen MR) is 98.7 cm³/mol. The summed E-state index contributed by atoms with van der Waals surface area (Å²) in [5, 5.41) is 3.04. The van der Waals surface area contributed by atoms with Crippen LogP contribution in [0.5, 0.6) is 11.5 Å². The van der Waals surface area contributed by atoms with Gasteiger partial charge in [-0.05, 0) is 43.7 Å². The number of halogens is 3. The molecule has 1 N–H and O–H groups in total. The average Bonchev–Trinajstić information content (AvgIpc) is 2.63. The summed E-state index contributed by atoms with van der Waals surface area (Å²) in [6.07, 6.45) is -5.62. The van der Waals surface area contributed by atoms with Crippen LogP contribution in [0.2, 0.25) is 0 Å². The van der Waals surface area contributed by atoms with Crippen LogP contribution in [0.3, 0.4) is 0 Å². The Morgan fingerprint density at radius 2 is 1.86 bits per heavy atom. The van der Waals surface area contributed by atoms with Crippen molar-refractivity contribution in [2.24, 2.45) is 0 Å². The van der Waals surface area contributed by atoms with E-state index in [9.17, 15) is 18.0 Å². The third-order valence-electron chi connectivity index (χ3n) is 4.24. The van der Waals surface area contributed by atoms with Crippen molar-refractivity contribution in [3.63, 3.8) is 0 Å². The van der Waals surface area contributed by atoms with E-state index in [1.54, 1.807) is 36.4 Å². The predicted octanol–water partition coefficient (Wildman–Crippen LogP) is 4.61. The van der Waals surface area contributed by atoms with Crippen LogP contribution in [0.25, 0.3) is 0 Å². The van der Waals surface area contributed by atoms with Crippen LogP contribution in [-0.2, 0) is 0 Å². The van der Waals surface area contributed by atoms with Gasteiger partial charge in [0, 0.05) is 5.69 Å². The van der Waals surface area contributed by atoms with E-state index in [1.165, 1.54) is 13.2 Å². The first kappa shape index (κ1) is 19.9. The minimum Gasteiger partial charge on any atom is -0.493 e. The van der Waals surface area contributed by atoms with Crippen LogP contribution in [0.15, 0.2) is 42.5 Å². The lowest BCUT2D eigenvalue weighted by Gasteiger charge is -2.38. The molecule has 2 aromatic carbocycles. The molecule has 0 spiro atoms. The number of hydrogen-bond donors (Lipinski definition) is 1. The van der Waals surface area contributed by atoms with Crippen LogP contribution in [0, 0.1) is 0 Å². The highest BCUT2D eigenvalue weighted by Gasteiger charge is 2.40. The van der Waals surface area contributed by atoms with Crippen LogP contribution in [0.1, 0.15) is 35.9 Å². The minimum absolute atomic E-state index is 0.0947. The Kier molecular flexibility index (Phi) is 5.40. The number of alkyl halides is 3. The Morgan fingerprint density at radius 3 is 2.50 bits per heavy atom. The van der Waals surface area contributed by atoms with Gasteiger partial charge in [-0.25, -0.2) is 0 Å². The maximum atomic E-state index is 13.2. The number of ether oxygens (including phenoxy) is 2. The van der Waals surface area contributed by atoms with Crippen molar-refractivity contribution in [1.82, 2.24) is 4.90 Å². The minimum atomic E-state index is -4.54. The topological polar surface area (TPSA) is 50.8 Å². The molecule has 28 heavy (non-hydrogen) atoms. The van der Waals surface area contributed by atoms with Gasteiger partial charge in [0.2, 0.25) is 0 Å². The van der Waals surface area contributed by atoms with Gasteiger partial charge in [0.15, 0.2) is 11.5 Å². The third kappa shape index (κ3) is 4.16. The third-order valence-corrected chi connectivity index (χ3v) is 4.24. The molecule has 1 heterocycles. The fraction of sp³-hybridized carbons (Fsp3) is 0.350. The Hall–Kier alpha value is -2.90. The molecule has 150 valence electrons. The first-order chi connectivity index (χ1) is 13.2. The number of hydrogen-bond acceptors (Lipinski definition) is 4. The van der Waals surface area contributed by atoms with Crippen molar-refractivity contribution in [3.8, 4) is 11.5 Å². The maximum Gasteiger partial charge on any atom is 0.406 e. The highest BCUT2D eigenvalue weighted by Crippen LogP contribution is 2.38. The molecule has 2 aromatic rings. The van der Waals surface area contributed by atoms with Gasteiger partial charge in [-0.1, -0.05) is 18.2 Å². The second-order valence-electron chi connectivity index (χ2n) is 6.72. The summed E-state index contributed by atoms with van der Waals surface area (Å²) in [4.78, 5) is 13.6. The number of carbonyl (C=O) groups is 1. The lowest BCUT2D eigenvalue weighted by molar-refractivity contribution is -0.144. The summed E-state index contributed by atoms with van der Waals surface area (Å²) in [6.45, 7) is 2.35. The summed E-state index contributed by atoms with van der Waals surface area (Å²) >= 11 is 0. The Morgan fingerprint density at radius 1 is 1.14 bits per heavy atom. The van der Waals surface area contributed by atoms with Gasteiger partial charge in [0.25, 0.3) is 5.91 Å². The average molecular weight is 394 g/mol. The fourth-order valence-corrected chi connectivity index (χ4v) is 3.12. The highest BCUT2D eigenvalue weighted by molar-refractivity contribution is 6.01. The van der Waals surface area contributed by atoms with Gasteiger partial charge in [0.05, 0.1) is 18.8 Å². The number of benzene rings is 2. The van der Waals surface area contributed by atoms with E-state index in [0.29, 0.717) is 22.7 Å². The number of nitrogens with one attached hydrogen (secondary N) is 1. The SMILES string of the molecule is COc1cc([C@@H]2Nc3ccccc3C(=O)N2CC(F)(F)F)ccc1OC(C)C. The number of carbonyl (C=O) groups excluding carboxylic acids is 1. The summed E-state index contributed by atoms with van der Waals surface area (Å²) in [7, 11) is 1.45. The number of amides is 1. The summed E-state index contributed by atoms with van der Waals surface area (Å²) in [6, 6.07) is 11.3. The summed E-state index contributed by atoms with van der Waals surface area (Å²) in [5.74, 6) is 0.176. The zero-order valence-electron chi connectivity index (χ0n) is 15.7. The Labute approximate surface area is 161 Å².